The summed E-state index contributed by atoms with van der Waals surface area (Å²) in [6, 6.07) is 15.7. The molecule has 1 aliphatic heterocycles. The first-order valence-corrected chi connectivity index (χ1v) is 9.09. The number of hydrogen-bond donors (Lipinski definition) is 0. The first-order valence-electron chi connectivity index (χ1n) is 9.09. The van der Waals surface area contributed by atoms with Crippen LogP contribution in [0.1, 0.15) is 0 Å². The van der Waals surface area contributed by atoms with Crippen molar-refractivity contribution in [2.45, 2.75) is 0 Å². The lowest BCUT2D eigenvalue weighted by Gasteiger charge is -2.16. The Morgan fingerprint density at radius 3 is 2.39 bits per heavy atom. The molecule has 0 aliphatic carbocycles. The Bertz CT molecular complexity index is 1170. The number of hydrogen-bond acceptors (Lipinski definition) is 4. The molecule has 2 aromatic carbocycles. The Kier molecular flexibility index (Phi) is 3.79. The number of rotatable bonds is 3. The summed E-state index contributed by atoms with van der Waals surface area (Å²) in [5, 5.41) is 4.46. The van der Waals surface area contributed by atoms with Crippen molar-refractivity contribution in [3.63, 3.8) is 0 Å². The van der Waals surface area contributed by atoms with Gasteiger partial charge in [0.25, 0.3) is 0 Å². The maximum atomic E-state index is 12.1. The highest BCUT2D eigenvalue weighted by Gasteiger charge is 2.26. The van der Waals surface area contributed by atoms with Gasteiger partial charge in [0.2, 0.25) is 0 Å². The molecule has 138 valence electrons. The molecule has 0 radical (unpaired) electrons. The highest BCUT2D eigenvalue weighted by molar-refractivity contribution is 5.94. The summed E-state index contributed by atoms with van der Waals surface area (Å²) in [5.41, 5.74) is 5.23. The van der Waals surface area contributed by atoms with Gasteiger partial charge in [0, 0.05) is 37.6 Å². The fraction of sp³-hybridized carbons (Fsp3) is 0.143. The summed E-state index contributed by atoms with van der Waals surface area (Å²) in [6.45, 7) is 1.46. The molecule has 5 rings (SSSR count). The molecule has 7 heteroatoms. The predicted octanol–water partition coefficient (Wildman–Crippen LogP) is 3.35. The van der Waals surface area contributed by atoms with Crippen LogP contribution in [0.15, 0.2) is 67.1 Å². The highest BCUT2D eigenvalue weighted by atomic mass is 16.2. The van der Waals surface area contributed by atoms with Gasteiger partial charge in [0.1, 0.15) is 0 Å². The Labute approximate surface area is 161 Å². The molecule has 0 unspecified atom stereocenters. The molecule has 2 aromatic heterocycles. The van der Waals surface area contributed by atoms with Crippen LogP contribution in [0.3, 0.4) is 0 Å². The first-order chi connectivity index (χ1) is 13.7. The van der Waals surface area contributed by atoms with E-state index in [-0.39, 0.29) is 6.03 Å². The van der Waals surface area contributed by atoms with E-state index in [9.17, 15) is 4.79 Å². The van der Waals surface area contributed by atoms with Crippen molar-refractivity contribution in [2.24, 2.45) is 0 Å². The molecule has 1 fully saturated rings. The number of likely N-dealkylation sites (N-methyl/N-ethyl adjacent to an activating group) is 1. The first kappa shape index (κ1) is 16.4. The normalized spacial score (nSPS) is 14.2. The number of anilines is 1. The van der Waals surface area contributed by atoms with Crippen molar-refractivity contribution in [1.82, 2.24) is 24.6 Å². The van der Waals surface area contributed by atoms with E-state index in [1.54, 1.807) is 26.9 Å². The molecular weight excluding hydrogens is 352 g/mol. The second-order valence-corrected chi connectivity index (χ2v) is 6.79. The minimum Gasteiger partial charge on any atom is -0.326 e. The number of benzene rings is 2. The maximum Gasteiger partial charge on any atom is 0.324 e. The fourth-order valence-corrected chi connectivity index (χ4v) is 3.36. The number of fused-ring (bicyclic) bond motifs is 1. The maximum absolute atomic E-state index is 12.1. The zero-order valence-electron chi connectivity index (χ0n) is 15.4. The number of aromatic nitrogens is 4. The summed E-state index contributed by atoms with van der Waals surface area (Å²) < 4.78 is 1.80. The van der Waals surface area contributed by atoms with E-state index < -0.39 is 0 Å². The molecule has 4 aromatic rings. The van der Waals surface area contributed by atoms with Gasteiger partial charge in [-0.25, -0.2) is 14.5 Å². The van der Waals surface area contributed by atoms with Crippen LogP contribution in [0, 0.1) is 0 Å². The second-order valence-electron chi connectivity index (χ2n) is 6.79. The monoisotopic (exact) mass is 370 g/mol. The van der Waals surface area contributed by atoms with Gasteiger partial charge in [-0.2, -0.15) is 5.10 Å². The number of urea groups is 1. The number of para-hydroxylation sites is 2. The largest absolute Gasteiger partial charge is 0.326 e. The second kappa shape index (κ2) is 6.45. The third-order valence-electron chi connectivity index (χ3n) is 4.97. The third-order valence-corrected chi connectivity index (χ3v) is 4.97. The molecule has 2 amide bonds. The van der Waals surface area contributed by atoms with E-state index in [4.69, 9.17) is 0 Å². The number of carbonyl (C=O) groups is 1. The molecule has 0 N–H and O–H groups in total. The van der Waals surface area contributed by atoms with E-state index in [1.807, 2.05) is 61.8 Å². The summed E-state index contributed by atoms with van der Waals surface area (Å²) in [7, 11) is 1.82. The van der Waals surface area contributed by atoms with Crippen LogP contribution in [0.4, 0.5) is 10.5 Å². The van der Waals surface area contributed by atoms with Crippen molar-refractivity contribution in [2.75, 3.05) is 25.0 Å². The zero-order valence-corrected chi connectivity index (χ0v) is 15.4. The predicted molar refractivity (Wildman–Crippen MR) is 107 cm³/mol. The van der Waals surface area contributed by atoms with Crippen LogP contribution in [0.25, 0.3) is 28.0 Å². The molecule has 1 saturated heterocycles. The van der Waals surface area contributed by atoms with Crippen molar-refractivity contribution in [1.29, 1.82) is 0 Å². The molecule has 3 heterocycles. The SMILES string of the molecule is CN1CCN(c2ccc(-n3cc(-c4cnc5ccccc5n4)cn3)cc2)C1=O. The smallest absolute Gasteiger partial charge is 0.324 e. The highest BCUT2D eigenvalue weighted by Crippen LogP contribution is 2.23. The van der Waals surface area contributed by atoms with E-state index in [2.05, 4.69) is 15.1 Å². The van der Waals surface area contributed by atoms with Crippen molar-refractivity contribution in [3.05, 3.63) is 67.1 Å². The van der Waals surface area contributed by atoms with E-state index in [1.165, 1.54) is 0 Å². The molecule has 1 aliphatic rings. The number of amides is 2. The number of nitrogens with zero attached hydrogens (tertiary/aromatic N) is 6. The van der Waals surface area contributed by atoms with Crippen molar-refractivity contribution < 1.29 is 4.79 Å². The Balaban J connectivity index is 1.42. The standard InChI is InChI=1S/C21H18N6O/c1-25-10-11-26(21(25)28)16-6-8-17(9-7-16)27-14-15(12-23-27)20-13-22-18-4-2-3-5-19(18)24-20/h2-9,12-14H,10-11H2,1H3. The van der Waals surface area contributed by atoms with E-state index >= 15 is 0 Å². The summed E-state index contributed by atoms with van der Waals surface area (Å²) >= 11 is 0. The van der Waals surface area contributed by atoms with Gasteiger partial charge < -0.3 is 4.90 Å². The quantitative estimate of drug-likeness (QED) is 0.555. The zero-order chi connectivity index (χ0) is 19.1. The van der Waals surface area contributed by atoms with Gasteiger partial charge in [-0.1, -0.05) is 12.1 Å². The lowest BCUT2D eigenvalue weighted by molar-refractivity contribution is 0.229. The van der Waals surface area contributed by atoms with Gasteiger partial charge in [-0.15, -0.1) is 0 Å². The van der Waals surface area contributed by atoms with Crippen LogP contribution in [-0.4, -0.2) is 50.8 Å². The average molecular weight is 370 g/mol. The lowest BCUT2D eigenvalue weighted by Crippen LogP contribution is -2.29. The molecular formula is C21H18N6O. The molecule has 0 atom stereocenters. The van der Waals surface area contributed by atoms with Gasteiger partial charge in [-0.05, 0) is 36.4 Å². The van der Waals surface area contributed by atoms with Crippen molar-refractivity contribution >= 4 is 22.8 Å². The molecule has 0 spiro atoms. The molecule has 0 saturated carbocycles. The average Bonchev–Trinajstić information content (AvgIpc) is 3.36. The Morgan fingerprint density at radius 2 is 1.64 bits per heavy atom. The van der Waals surface area contributed by atoms with Crippen LogP contribution in [0.5, 0.6) is 0 Å². The molecule has 7 nitrogen and oxygen atoms in total. The Morgan fingerprint density at radius 1 is 0.893 bits per heavy atom. The van der Waals surface area contributed by atoms with Gasteiger partial charge in [0.15, 0.2) is 0 Å². The fourth-order valence-electron chi connectivity index (χ4n) is 3.36. The minimum atomic E-state index is 0.0315. The summed E-state index contributed by atoms with van der Waals surface area (Å²) in [5.74, 6) is 0. The van der Waals surface area contributed by atoms with Crippen LogP contribution in [0.2, 0.25) is 0 Å². The molecule has 28 heavy (non-hydrogen) atoms. The minimum absolute atomic E-state index is 0.0315. The number of carbonyl (C=O) groups excluding carboxylic acids is 1. The summed E-state index contributed by atoms with van der Waals surface area (Å²) in [6.07, 6.45) is 5.48. The Hall–Kier alpha value is -3.74. The van der Waals surface area contributed by atoms with Crippen LogP contribution >= 0.6 is 0 Å². The van der Waals surface area contributed by atoms with Crippen LogP contribution < -0.4 is 4.90 Å². The molecule has 0 bridgehead atoms. The third kappa shape index (κ3) is 2.77. The van der Waals surface area contributed by atoms with E-state index in [0.717, 1.165) is 40.2 Å². The van der Waals surface area contributed by atoms with Crippen LogP contribution in [-0.2, 0) is 0 Å². The van der Waals surface area contributed by atoms with Crippen molar-refractivity contribution in [3.8, 4) is 16.9 Å². The van der Waals surface area contributed by atoms with Gasteiger partial charge in [-0.3, -0.25) is 9.88 Å². The summed E-state index contributed by atoms with van der Waals surface area (Å²) in [4.78, 5) is 24.8. The van der Waals surface area contributed by atoms with Gasteiger partial charge >= 0.3 is 6.03 Å². The van der Waals surface area contributed by atoms with Gasteiger partial charge in [0.05, 0.1) is 34.8 Å². The lowest BCUT2D eigenvalue weighted by atomic mass is 10.2. The van der Waals surface area contributed by atoms with E-state index in [0.29, 0.717) is 6.54 Å². The topological polar surface area (TPSA) is 67.2 Å².